The van der Waals surface area contributed by atoms with Crippen LogP contribution >= 0.6 is 0 Å². The third-order valence-electron chi connectivity index (χ3n) is 5.93. The van der Waals surface area contributed by atoms with Gasteiger partial charge in [0, 0.05) is 12.5 Å². The molecule has 0 aromatic heterocycles. The molecule has 4 heteroatoms. The van der Waals surface area contributed by atoms with Crippen molar-refractivity contribution >= 4 is 5.91 Å². The van der Waals surface area contributed by atoms with Crippen LogP contribution < -0.4 is 5.32 Å². The monoisotopic (exact) mass is 407 g/mol. The lowest BCUT2D eigenvalue weighted by atomic mass is 9.72. The zero-order chi connectivity index (χ0) is 21.7. The normalized spacial score (nSPS) is 20.7. The van der Waals surface area contributed by atoms with Crippen molar-refractivity contribution in [2.75, 3.05) is 0 Å². The Bertz CT molecular complexity index is 801. The van der Waals surface area contributed by atoms with Gasteiger partial charge in [-0.1, -0.05) is 94.8 Å². The molecule has 3 rings (SSSR count). The Hall–Kier alpha value is -2.17. The largest absolute Gasteiger partial charge is 0.390 e. The van der Waals surface area contributed by atoms with E-state index in [4.69, 9.17) is 0 Å². The van der Waals surface area contributed by atoms with Gasteiger partial charge < -0.3 is 10.0 Å². The van der Waals surface area contributed by atoms with Gasteiger partial charge in [0.15, 0.2) is 0 Å². The molecule has 0 saturated carbocycles. The summed E-state index contributed by atoms with van der Waals surface area (Å²) in [5.74, 6) is 0.968. The molecule has 1 radical (unpaired) electrons. The van der Waals surface area contributed by atoms with Crippen LogP contribution in [0, 0.1) is 11.3 Å². The zero-order valence-electron chi connectivity index (χ0n) is 18.6. The van der Waals surface area contributed by atoms with E-state index in [1.807, 2.05) is 53.4 Å². The fraction of sp³-hybridized carbons (Fsp3) is 0.462. The van der Waals surface area contributed by atoms with Gasteiger partial charge in [-0.25, -0.2) is 0 Å². The van der Waals surface area contributed by atoms with E-state index >= 15 is 0 Å². The SMILES string of the molecule is CCCC1N[C@@H]([C@H](O)[C](Cc2ccccc2)C(C)(C)C)C(=O)N1Cc1ccccc1. The van der Waals surface area contributed by atoms with Gasteiger partial charge in [-0.15, -0.1) is 0 Å². The number of benzene rings is 2. The Morgan fingerprint density at radius 3 is 2.13 bits per heavy atom. The second-order valence-electron chi connectivity index (χ2n) is 9.28. The maximum atomic E-state index is 13.4. The highest BCUT2D eigenvalue weighted by Crippen LogP contribution is 2.37. The molecule has 1 aliphatic heterocycles. The highest BCUT2D eigenvalue weighted by molar-refractivity contribution is 5.85. The van der Waals surface area contributed by atoms with Gasteiger partial charge in [0.1, 0.15) is 6.04 Å². The number of nitrogens with zero attached hydrogens (tertiary/aromatic N) is 1. The number of rotatable bonds is 8. The van der Waals surface area contributed by atoms with Crippen molar-refractivity contribution in [3.8, 4) is 0 Å². The predicted octanol–water partition coefficient (Wildman–Crippen LogP) is 4.34. The fourth-order valence-electron chi connectivity index (χ4n) is 4.24. The van der Waals surface area contributed by atoms with Crippen molar-refractivity contribution in [2.45, 2.75) is 71.8 Å². The van der Waals surface area contributed by atoms with Crippen LogP contribution in [0.4, 0.5) is 0 Å². The number of amides is 1. The summed E-state index contributed by atoms with van der Waals surface area (Å²) < 4.78 is 0. The summed E-state index contributed by atoms with van der Waals surface area (Å²) in [5.41, 5.74) is 2.04. The van der Waals surface area contributed by atoms with E-state index in [0.717, 1.165) is 29.9 Å². The van der Waals surface area contributed by atoms with Crippen LogP contribution in [0.15, 0.2) is 60.7 Å². The first-order valence-corrected chi connectivity index (χ1v) is 11.0. The van der Waals surface area contributed by atoms with Crippen molar-refractivity contribution in [3.63, 3.8) is 0 Å². The number of carbonyl (C=O) groups excluding carboxylic acids is 1. The summed E-state index contributed by atoms with van der Waals surface area (Å²) in [5, 5.41) is 14.9. The third kappa shape index (κ3) is 5.30. The zero-order valence-corrected chi connectivity index (χ0v) is 18.6. The molecular formula is C26H35N2O2. The van der Waals surface area contributed by atoms with E-state index in [1.54, 1.807) is 0 Å². The van der Waals surface area contributed by atoms with Crippen LogP contribution in [0.2, 0.25) is 0 Å². The van der Waals surface area contributed by atoms with Crippen molar-refractivity contribution in [2.24, 2.45) is 5.41 Å². The Morgan fingerprint density at radius 2 is 1.60 bits per heavy atom. The standard InChI is InChI=1S/C26H35N2O2/c1-5-12-22-27-23(25(30)28(22)18-20-15-10-7-11-16-20)24(29)21(26(2,3)4)17-19-13-8-6-9-14-19/h6-11,13-16,22-24,27,29H,5,12,17-18H2,1-4H3/t22?,23-,24+/m0/s1. The Balaban J connectivity index is 1.81. The van der Waals surface area contributed by atoms with E-state index in [1.165, 1.54) is 0 Å². The molecular weight excluding hydrogens is 372 g/mol. The van der Waals surface area contributed by atoms with Crippen LogP contribution in [-0.2, 0) is 17.8 Å². The molecule has 30 heavy (non-hydrogen) atoms. The number of aliphatic hydroxyl groups is 1. The van der Waals surface area contributed by atoms with Crippen LogP contribution in [0.3, 0.4) is 0 Å². The lowest BCUT2D eigenvalue weighted by Gasteiger charge is -2.36. The molecule has 0 aliphatic carbocycles. The van der Waals surface area contributed by atoms with Crippen LogP contribution in [0.1, 0.15) is 51.7 Å². The fourth-order valence-corrected chi connectivity index (χ4v) is 4.24. The molecule has 0 bridgehead atoms. The quantitative estimate of drug-likeness (QED) is 0.685. The van der Waals surface area contributed by atoms with E-state index in [-0.39, 0.29) is 17.5 Å². The van der Waals surface area contributed by atoms with Gasteiger partial charge in [-0.3, -0.25) is 10.1 Å². The van der Waals surface area contributed by atoms with Gasteiger partial charge in [-0.2, -0.15) is 0 Å². The van der Waals surface area contributed by atoms with Crippen LogP contribution in [0.5, 0.6) is 0 Å². The first kappa shape index (κ1) is 22.5. The van der Waals surface area contributed by atoms with Crippen molar-refractivity contribution in [3.05, 3.63) is 77.7 Å². The number of carbonyl (C=O) groups is 1. The maximum Gasteiger partial charge on any atom is 0.244 e. The predicted molar refractivity (Wildman–Crippen MR) is 121 cm³/mol. The highest BCUT2D eigenvalue weighted by Gasteiger charge is 2.46. The van der Waals surface area contributed by atoms with Crippen molar-refractivity contribution in [1.29, 1.82) is 0 Å². The molecule has 1 aliphatic rings. The molecule has 2 aromatic carbocycles. The number of hydrogen-bond donors (Lipinski definition) is 2. The molecule has 1 fully saturated rings. The maximum absolute atomic E-state index is 13.4. The van der Waals surface area contributed by atoms with Crippen molar-refractivity contribution < 1.29 is 9.90 Å². The minimum Gasteiger partial charge on any atom is -0.390 e. The number of nitrogens with one attached hydrogen (secondary N) is 1. The van der Waals surface area contributed by atoms with Gasteiger partial charge in [-0.05, 0) is 29.4 Å². The smallest absolute Gasteiger partial charge is 0.244 e. The van der Waals surface area contributed by atoms with E-state index in [0.29, 0.717) is 13.0 Å². The molecule has 0 spiro atoms. The molecule has 1 unspecified atom stereocenters. The molecule has 3 atom stereocenters. The molecule has 4 nitrogen and oxygen atoms in total. The van der Waals surface area contributed by atoms with E-state index in [2.05, 4.69) is 45.1 Å². The lowest BCUT2D eigenvalue weighted by Crippen LogP contribution is -2.48. The molecule has 1 heterocycles. The Kier molecular flexibility index (Phi) is 7.32. The van der Waals surface area contributed by atoms with Crippen LogP contribution in [0.25, 0.3) is 0 Å². The highest BCUT2D eigenvalue weighted by atomic mass is 16.3. The average Bonchev–Trinajstić information content (AvgIpc) is 3.02. The molecule has 1 saturated heterocycles. The average molecular weight is 408 g/mol. The first-order chi connectivity index (χ1) is 14.3. The Morgan fingerprint density at radius 1 is 1.03 bits per heavy atom. The minimum atomic E-state index is -0.835. The minimum absolute atomic E-state index is 0.0142. The second-order valence-corrected chi connectivity index (χ2v) is 9.28. The lowest BCUT2D eigenvalue weighted by molar-refractivity contribution is -0.132. The summed E-state index contributed by atoms with van der Waals surface area (Å²) in [4.78, 5) is 15.3. The first-order valence-electron chi connectivity index (χ1n) is 11.0. The Labute approximate surface area is 181 Å². The molecule has 2 aromatic rings. The molecule has 2 N–H and O–H groups in total. The van der Waals surface area contributed by atoms with Crippen molar-refractivity contribution in [1.82, 2.24) is 10.2 Å². The number of aliphatic hydroxyl groups excluding tert-OH is 1. The summed E-state index contributed by atoms with van der Waals surface area (Å²) in [7, 11) is 0. The van der Waals surface area contributed by atoms with Gasteiger partial charge in [0.25, 0.3) is 0 Å². The topological polar surface area (TPSA) is 52.6 Å². The van der Waals surface area contributed by atoms with Gasteiger partial charge in [0.2, 0.25) is 5.91 Å². The van der Waals surface area contributed by atoms with Gasteiger partial charge in [0.05, 0.1) is 12.3 Å². The van der Waals surface area contributed by atoms with Gasteiger partial charge >= 0.3 is 0 Å². The summed E-state index contributed by atoms with van der Waals surface area (Å²) in [6, 6.07) is 19.6. The van der Waals surface area contributed by atoms with Crippen LogP contribution in [-0.4, -0.2) is 34.2 Å². The third-order valence-corrected chi connectivity index (χ3v) is 5.93. The second kappa shape index (κ2) is 9.76. The van der Waals surface area contributed by atoms with E-state index < -0.39 is 12.1 Å². The summed E-state index contributed by atoms with van der Waals surface area (Å²) in [6.07, 6.45) is 1.61. The molecule has 161 valence electrons. The van der Waals surface area contributed by atoms with E-state index in [9.17, 15) is 9.90 Å². The number of hydrogen-bond acceptors (Lipinski definition) is 3. The summed E-state index contributed by atoms with van der Waals surface area (Å²) >= 11 is 0. The summed E-state index contributed by atoms with van der Waals surface area (Å²) in [6.45, 7) is 9.01. The molecule has 1 amide bonds.